The molecule has 1 unspecified atom stereocenters. The Hall–Kier alpha value is -2.73. The summed E-state index contributed by atoms with van der Waals surface area (Å²) in [4.78, 5) is 17.1. The molecule has 2 aromatic heterocycles. The molecule has 1 amide bonds. The summed E-state index contributed by atoms with van der Waals surface area (Å²) in [5, 5.41) is 4.79. The van der Waals surface area contributed by atoms with Gasteiger partial charge in [-0.2, -0.15) is 0 Å². The van der Waals surface area contributed by atoms with Crippen LogP contribution in [0.5, 0.6) is 5.75 Å². The highest BCUT2D eigenvalue weighted by molar-refractivity contribution is 7.12. The number of carbonyl (C=O) groups is 1. The first kappa shape index (κ1) is 16.1. The lowest BCUT2D eigenvalue weighted by atomic mass is 9.99. The van der Waals surface area contributed by atoms with Crippen molar-refractivity contribution < 1.29 is 13.9 Å². The highest BCUT2D eigenvalue weighted by Crippen LogP contribution is 2.27. The molecule has 0 aliphatic carbocycles. The lowest BCUT2D eigenvalue weighted by Gasteiger charge is -2.19. The molecule has 0 aliphatic heterocycles. The fourth-order valence-electron chi connectivity index (χ4n) is 2.39. The Kier molecular flexibility index (Phi) is 4.86. The van der Waals surface area contributed by atoms with E-state index >= 15 is 0 Å². The van der Waals surface area contributed by atoms with Crippen LogP contribution in [-0.4, -0.2) is 18.0 Å². The van der Waals surface area contributed by atoms with E-state index < -0.39 is 6.04 Å². The molecule has 0 saturated heterocycles. The SMILES string of the molecule is COc1ccsc1C(=O)NC(c1ccncc1)c1ccc(F)cc1. The number of pyridine rings is 1. The number of hydrogen-bond donors (Lipinski definition) is 1. The third-order valence-corrected chi connectivity index (χ3v) is 4.47. The zero-order valence-corrected chi connectivity index (χ0v) is 13.7. The van der Waals surface area contributed by atoms with E-state index in [1.54, 1.807) is 36.0 Å². The van der Waals surface area contributed by atoms with Gasteiger partial charge in [0.1, 0.15) is 16.4 Å². The van der Waals surface area contributed by atoms with Gasteiger partial charge in [-0.25, -0.2) is 4.39 Å². The Morgan fingerprint density at radius 1 is 1.12 bits per heavy atom. The highest BCUT2D eigenvalue weighted by atomic mass is 32.1. The van der Waals surface area contributed by atoms with Gasteiger partial charge in [-0.1, -0.05) is 12.1 Å². The van der Waals surface area contributed by atoms with E-state index in [0.29, 0.717) is 10.6 Å². The van der Waals surface area contributed by atoms with Crippen molar-refractivity contribution in [2.24, 2.45) is 0 Å². The number of methoxy groups -OCH3 is 1. The van der Waals surface area contributed by atoms with Crippen LogP contribution in [-0.2, 0) is 0 Å². The summed E-state index contributed by atoms with van der Waals surface area (Å²) >= 11 is 1.31. The van der Waals surface area contributed by atoms with Crippen molar-refractivity contribution in [2.75, 3.05) is 7.11 Å². The third-order valence-electron chi connectivity index (χ3n) is 3.57. The van der Waals surface area contributed by atoms with E-state index in [2.05, 4.69) is 10.3 Å². The molecule has 0 spiro atoms. The first-order chi connectivity index (χ1) is 11.7. The third kappa shape index (κ3) is 3.44. The largest absolute Gasteiger partial charge is 0.495 e. The van der Waals surface area contributed by atoms with Gasteiger partial charge < -0.3 is 10.1 Å². The van der Waals surface area contributed by atoms with E-state index in [4.69, 9.17) is 4.74 Å². The van der Waals surface area contributed by atoms with Crippen LogP contribution in [0.3, 0.4) is 0 Å². The second-order valence-electron chi connectivity index (χ2n) is 5.06. The molecule has 0 saturated carbocycles. The molecule has 0 bridgehead atoms. The van der Waals surface area contributed by atoms with Crippen LogP contribution in [0, 0.1) is 5.82 Å². The molecule has 0 radical (unpaired) electrons. The van der Waals surface area contributed by atoms with Gasteiger partial charge in [0.2, 0.25) is 0 Å². The standard InChI is InChI=1S/C18H15FN2O2S/c1-23-15-8-11-24-17(15)18(22)21-16(13-6-9-20-10-7-13)12-2-4-14(19)5-3-12/h2-11,16H,1H3,(H,21,22). The number of nitrogens with zero attached hydrogens (tertiary/aromatic N) is 1. The molecule has 0 aliphatic rings. The molecule has 3 rings (SSSR count). The van der Waals surface area contributed by atoms with E-state index in [-0.39, 0.29) is 11.7 Å². The Morgan fingerprint density at radius 3 is 2.46 bits per heavy atom. The van der Waals surface area contributed by atoms with Gasteiger partial charge in [0.05, 0.1) is 13.2 Å². The van der Waals surface area contributed by atoms with Crippen LogP contribution in [0.2, 0.25) is 0 Å². The Labute approximate surface area is 142 Å². The molecule has 0 fully saturated rings. The monoisotopic (exact) mass is 342 g/mol. The maximum Gasteiger partial charge on any atom is 0.265 e. The molecule has 122 valence electrons. The summed E-state index contributed by atoms with van der Waals surface area (Å²) in [7, 11) is 1.53. The van der Waals surface area contributed by atoms with E-state index in [1.165, 1.54) is 30.6 Å². The molecular formula is C18H15FN2O2S. The fourth-order valence-corrected chi connectivity index (χ4v) is 3.15. The second kappa shape index (κ2) is 7.23. The van der Waals surface area contributed by atoms with Crippen molar-refractivity contribution in [1.82, 2.24) is 10.3 Å². The molecule has 4 nitrogen and oxygen atoms in total. The summed E-state index contributed by atoms with van der Waals surface area (Å²) in [6.07, 6.45) is 3.31. The average Bonchev–Trinajstić information content (AvgIpc) is 3.10. The highest BCUT2D eigenvalue weighted by Gasteiger charge is 2.21. The molecular weight excluding hydrogens is 327 g/mol. The van der Waals surface area contributed by atoms with Crippen molar-refractivity contribution in [3.05, 3.63) is 82.1 Å². The quantitative estimate of drug-likeness (QED) is 0.767. The van der Waals surface area contributed by atoms with E-state index in [0.717, 1.165) is 11.1 Å². The first-order valence-electron chi connectivity index (χ1n) is 7.27. The van der Waals surface area contributed by atoms with Gasteiger partial charge in [-0.15, -0.1) is 11.3 Å². The van der Waals surface area contributed by atoms with Crippen LogP contribution >= 0.6 is 11.3 Å². The molecule has 2 heterocycles. The molecule has 3 aromatic rings. The van der Waals surface area contributed by atoms with Gasteiger partial charge in [0.15, 0.2) is 0 Å². The van der Waals surface area contributed by atoms with Crippen molar-refractivity contribution in [3.63, 3.8) is 0 Å². The number of amides is 1. The summed E-state index contributed by atoms with van der Waals surface area (Å²) in [6, 6.07) is 11.0. The minimum Gasteiger partial charge on any atom is -0.495 e. The van der Waals surface area contributed by atoms with Crippen LogP contribution in [0.25, 0.3) is 0 Å². The number of thiophene rings is 1. The molecule has 24 heavy (non-hydrogen) atoms. The predicted octanol–water partition coefficient (Wildman–Crippen LogP) is 3.81. The summed E-state index contributed by atoms with van der Waals surface area (Å²) in [5.74, 6) is -0.0310. The number of benzene rings is 1. The smallest absolute Gasteiger partial charge is 0.265 e. The van der Waals surface area contributed by atoms with Gasteiger partial charge >= 0.3 is 0 Å². The zero-order valence-electron chi connectivity index (χ0n) is 12.9. The molecule has 1 N–H and O–H groups in total. The minimum absolute atomic E-state index is 0.243. The van der Waals surface area contributed by atoms with Crippen LogP contribution < -0.4 is 10.1 Å². The normalized spacial score (nSPS) is 11.8. The van der Waals surface area contributed by atoms with Gasteiger partial charge in [-0.3, -0.25) is 9.78 Å². The topological polar surface area (TPSA) is 51.2 Å². The number of hydrogen-bond acceptors (Lipinski definition) is 4. The van der Waals surface area contributed by atoms with Gasteiger partial charge in [0, 0.05) is 12.4 Å². The first-order valence-corrected chi connectivity index (χ1v) is 8.14. The van der Waals surface area contributed by atoms with Crippen molar-refractivity contribution in [1.29, 1.82) is 0 Å². The number of nitrogens with one attached hydrogen (secondary N) is 1. The van der Waals surface area contributed by atoms with E-state index in [1.807, 2.05) is 12.1 Å². The van der Waals surface area contributed by atoms with Gasteiger partial charge in [0.25, 0.3) is 5.91 Å². The van der Waals surface area contributed by atoms with Crippen LogP contribution in [0.4, 0.5) is 4.39 Å². The predicted molar refractivity (Wildman–Crippen MR) is 90.8 cm³/mol. The molecule has 6 heteroatoms. The number of aromatic nitrogens is 1. The molecule has 1 atom stereocenters. The summed E-state index contributed by atoms with van der Waals surface area (Å²) in [6.45, 7) is 0. The van der Waals surface area contributed by atoms with Crippen molar-refractivity contribution in [3.8, 4) is 5.75 Å². The lowest BCUT2D eigenvalue weighted by Crippen LogP contribution is -2.29. The van der Waals surface area contributed by atoms with Gasteiger partial charge in [-0.05, 0) is 46.8 Å². The maximum atomic E-state index is 13.2. The van der Waals surface area contributed by atoms with Crippen LogP contribution in [0.15, 0.2) is 60.2 Å². The van der Waals surface area contributed by atoms with E-state index in [9.17, 15) is 9.18 Å². The Bertz CT molecular complexity index is 819. The maximum absolute atomic E-state index is 13.2. The molecule has 1 aromatic carbocycles. The Balaban J connectivity index is 1.93. The van der Waals surface area contributed by atoms with Crippen molar-refractivity contribution >= 4 is 17.2 Å². The summed E-state index contributed by atoms with van der Waals surface area (Å²) in [5.41, 5.74) is 1.65. The fraction of sp³-hybridized carbons (Fsp3) is 0.111. The number of rotatable bonds is 5. The number of carbonyl (C=O) groups excluding carboxylic acids is 1. The van der Waals surface area contributed by atoms with Crippen molar-refractivity contribution in [2.45, 2.75) is 6.04 Å². The second-order valence-corrected chi connectivity index (χ2v) is 5.97. The lowest BCUT2D eigenvalue weighted by molar-refractivity contribution is 0.0944. The average molecular weight is 342 g/mol. The minimum atomic E-state index is -0.409. The van der Waals surface area contributed by atoms with Crippen LogP contribution in [0.1, 0.15) is 26.8 Å². The zero-order chi connectivity index (χ0) is 16.9. The summed E-state index contributed by atoms with van der Waals surface area (Å²) < 4.78 is 18.4. The number of ether oxygens (including phenoxy) is 1. The Morgan fingerprint density at radius 2 is 1.79 bits per heavy atom. The number of halogens is 1.